The van der Waals surface area contributed by atoms with Gasteiger partial charge in [0.2, 0.25) is 0 Å². The van der Waals surface area contributed by atoms with Crippen molar-refractivity contribution in [3.63, 3.8) is 0 Å². The molecule has 5 heteroatoms. The van der Waals surface area contributed by atoms with Crippen molar-refractivity contribution in [1.29, 1.82) is 0 Å². The molecule has 1 atom stereocenters. The van der Waals surface area contributed by atoms with Crippen LogP contribution in [0.1, 0.15) is 0 Å². The van der Waals surface area contributed by atoms with Crippen LogP contribution >= 0.6 is 0 Å². The van der Waals surface area contributed by atoms with Crippen LogP contribution in [0.15, 0.2) is 0 Å². The van der Waals surface area contributed by atoms with E-state index in [1.807, 2.05) is 0 Å². The van der Waals surface area contributed by atoms with Crippen molar-refractivity contribution in [3.05, 3.63) is 0 Å². The third-order valence-corrected chi connectivity index (χ3v) is 18.1. The molecular weight excluding hydrogens is 407 g/mol. The van der Waals surface area contributed by atoms with Crippen LogP contribution in [0.5, 0.6) is 0 Å². The molecule has 0 amide bonds. The summed E-state index contributed by atoms with van der Waals surface area (Å²) in [6.07, 6.45) is 0. The molecule has 2 nitrogen and oxygen atoms in total. The SMILES string of the molecule is O=C(O)[AsH][BiH][SeH]. The van der Waals surface area contributed by atoms with Crippen LogP contribution in [0.2, 0.25) is 0 Å². The summed E-state index contributed by atoms with van der Waals surface area (Å²) in [5.74, 6) is 0. The number of rotatable bonds is 2. The van der Waals surface area contributed by atoms with Gasteiger partial charge in [0.1, 0.15) is 0 Å². The zero-order chi connectivity index (χ0) is 4.99. The number of hydrogen-bond acceptors (Lipinski definition) is 1. The molecule has 36 valence electrons. The quantitative estimate of drug-likeness (QED) is 0.549. The van der Waals surface area contributed by atoms with Gasteiger partial charge in [0.25, 0.3) is 0 Å². The maximum atomic E-state index is 9.69. The molecule has 0 aromatic rings. The van der Waals surface area contributed by atoms with Gasteiger partial charge in [-0.15, -0.1) is 0 Å². The van der Waals surface area contributed by atoms with E-state index < -0.39 is 34.9 Å². The van der Waals surface area contributed by atoms with E-state index in [9.17, 15) is 4.79 Å². The molecule has 0 aliphatic carbocycles. The summed E-state index contributed by atoms with van der Waals surface area (Å²) in [5.41, 5.74) is 0. The van der Waals surface area contributed by atoms with Crippen LogP contribution in [-0.2, 0) is 0 Å². The first-order valence-electron chi connectivity index (χ1n) is 1.15. The summed E-state index contributed by atoms with van der Waals surface area (Å²) in [7, 11) is 0. The van der Waals surface area contributed by atoms with E-state index in [2.05, 4.69) is 12.3 Å². The molecule has 6 heavy (non-hydrogen) atoms. The second kappa shape index (κ2) is 4.59. The van der Waals surface area contributed by atoms with Gasteiger partial charge < -0.3 is 0 Å². The summed E-state index contributed by atoms with van der Waals surface area (Å²) in [6, 6.07) is 0. The Labute approximate surface area is 56.5 Å². The number of carbonyl (C=O) groups is 1. The molecule has 0 rings (SSSR count). The van der Waals surface area contributed by atoms with Crippen LogP contribution in [0.25, 0.3) is 0 Å². The topological polar surface area (TPSA) is 37.3 Å². The van der Waals surface area contributed by atoms with Gasteiger partial charge in [-0.25, -0.2) is 0 Å². The van der Waals surface area contributed by atoms with E-state index in [0.29, 0.717) is 0 Å². The van der Waals surface area contributed by atoms with Gasteiger partial charge in [0, 0.05) is 0 Å². The Hall–Kier alpha value is 1.43. The van der Waals surface area contributed by atoms with Gasteiger partial charge in [-0.1, -0.05) is 0 Å². The zero-order valence-corrected chi connectivity index (χ0v) is 10.7. The van der Waals surface area contributed by atoms with E-state index in [-0.39, 0.29) is 0 Å². The van der Waals surface area contributed by atoms with E-state index in [0.717, 1.165) is 0 Å². The Balaban J connectivity index is 2.83. The molecule has 0 aliphatic heterocycles. The molecule has 0 saturated heterocycles. The van der Waals surface area contributed by atoms with E-state index in [4.69, 9.17) is 5.11 Å². The van der Waals surface area contributed by atoms with Crippen molar-refractivity contribution in [2.24, 2.45) is 0 Å². The first kappa shape index (κ1) is 7.43. The molecule has 0 saturated carbocycles. The molecule has 0 fully saturated rings. The normalized spacial score (nSPS) is 10.2. The molecule has 1 N–H and O–H groups in total. The maximum absolute atomic E-state index is 9.69. The predicted molar refractivity (Wildman–Crippen MR) is 29.5 cm³/mol. The molecule has 0 bridgehead atoms. The second-order valence-electron chi connectivity index (χ2n) is 0.542. The van der Waals surface area contributed by atoms with Crippen molar-refractivity contribution in [1.82, 2.24) is 0 Å². The summed E-state index contributed by atoms with van der Waals surface area (Å²) in [4.78, 5) is 9.69. The fourth-order valence-corrected chi connectivity index (χ4v) is 11.3. The van der Waals surface area contributed by atoms with Gasteiger partial charge in [-0.2, -0.15) is 0 Å². The summed E-state index contributed by atoms with van der Waals surface area (Å²) < 4.78 is -0.515. The minimum absolute atomic E-state index is 0.458. The van der Waals surface area contributed by atoms with Crippen molar-refractivity contribution < 1.29 is 9.90 Å². The third-order valence-electron chi connectivity index (χ3n) is 0.163. The van der Waals surface area contributed by atoms with Gasteiger partial charge >= 0.3 is 57.1 Å². The van der Waals surface area contributed by atoms with Gasteiger partial charge in [0.15, 0.2) is 0 Å². The Morgan fingerprint density at radius 1 is 2.00 bits per heavy atom. The average molecular weight is 411 g/mol. The minimum atomic E-state index is -0.556. The van der Waals surface area contributed by atoms with Crippen LogP contribution in [0, 0.1) is 0 Å². The van der Waals surface area contributed by atoms with Crippen LogP contribution in [-0.4, -0.2) is 52.3 Å². The molecule has 0 aromatic heterocycles. The van der Waals surface area contributed by atoms with E-state index >= 15 is 0 Å². The fraction of sp³-hybridized carbons (Fsp3) is 0. The number of carboxylic acid groups (broad SMARTS) is 1. The summed E-state index contributed by atoms with van der Waals surface area (Å²) in [6.45, 7) is 0. The monoisotopic (exact) mass is 412 g/mol. The zero-order valence-electron chi connectivity index (χ0n) is 2.80. The van der Waals surface area contributed by atoms with Crippen molar-refractivity contribution in [3.8, 4) is 0 Å². The summed E-state index contributed by atoms with van der Waals surface area (Å²) >= 11 is 1.45. The Kier molecular flexibility index (Phi) is 5.68. The predicted octanol–water partition coefficient (Wildman–Crippen LogP) is -1.73. The second-order valence-corrected chi connectivity index (χ2v) is 33.4. The Morgan fingerprint density at radius 3 is 2.50 bits per heavy atom. The molecule has 0 aliphatic rings. The van der Waals surface area contributed by atoms with Crippen LogP contribution in [0.3, 0.4) is 0 Å². The van der Waals surface area contributed by atoms with Crippen LogP contribution < -0.4 is 0 Å². The van der Waals surface area contributed by atoms with Gasteiger partial charge in [-0.05, 0) is 0 Å². The van der Waals surface area contributed by atoms with Gasteiger partial charge in [0.05, 0.1) is 0 Å². The summed E-state index contributed by atoms with van der Waals surface area (Å²) in [5, 5.41) is 8.01. The van der Waals surface area contributed by atoms with Crippen LogP contribution in [0.4, 0.5) is 4.79 Å². The standard InChI is InChI=1S/CH2AsO2.Bi.H2Se.H/c2-1(3)4;;;/h2H,(H,3,4);;1H2;/q-1;+2;;/p-1. The van der Waals surface area contributed by atoms with E-state index in [1.165, 1.54) is 0 Å². The van der Waals surface area contributed by atoms with Crippen molar-refractivity contribution in [2.45, 2.75) is 0 Å². The molecule has 0 radical (unpaired) electrons. The molecule has 0 spiro atoms. The van der Waals surface area contributed by atoms with Crippen molar-refractivity contribution >= 4 is 47.2 Å². The molecule has 1 unspecified atom stereocenters. The van der Waals surface area contributed by atoms with E-state index in [1.54, 1.807) is 0 Å². The molecule has 0 heterocycles. The number of hydrogen-bond donors (Lipinski definition) is 1. The van der Waals surface area contributed by atoms with Crippen molar-refractivity contribution in [2.75, 3.05) is 0 Å². The molecular formula is CH4AsBiO2Se. The third kappa shape index (κ3) is 5.43. The first-order valence-corrected chi connectivity index (χ1v) is 23.3. The van der Waals surface area contributed by atoms with Gasteiger partial charge in [-0.3, -0.25) is 0 Å². The average Bonchev–Trinajstić information content (AvgIpc) is 1.35. The Bertz CT molecular complexity index is 57.5. The Morgan fingerprint density at radius 2 is 2.50 bits per heavy atom. The first-order chi connectivity index (χ1) is 2.77. The molecule has 0 aromatic carbocycles. The fourth-order valence-electron chi connectivity index (χ4n) is 0.0478.